The average Bonchev–Trinajstić information content (AvgIpc) is 3.03. The summed E-state index contributed by atoms with van der Waals surface area (Å²) in [6, 6.07) is 5.37. The Morgan fingerprint density at radius 1 is 1.00 bits per heavy atom. The van der Waals surface area contributed by atoms with Crippen LogP contribution >= 0.6 is 0 Å². The largest absolute Gasteiger partial charge is 0.455 e. The van der Waals surface area contributed by atoms with E-state index >= 15 is 0 Å². The maximum Gasteiger partial charge on any atom is 0.420 e. The fraction of sp³-hybridized carbons (Fsp3) is 0.200. The number of hydrogen-bond acceptors (Lipinski definition) is 3. The maximum atomic E-state index is 14.2. The highest BCUT2D eigenvalue weighted by molar-refractivity contribution is 6.06. The van der Waals surface area contributed by atoms with E-state index in [4.69, 9.17) is 4.74 Å². The van der Waals surface area contributed by atoms with Gasteiger partial charge in [-0.15, -0.1) is 0 Å². The van der Waals surface area contributed by atoms with Crippen molar-refractivity contribution in [2.75, 3.05) is 5.32 Å². The van der Waals surface area contributed by atoms with E-state index in [0.717, 1.165) is 19.2 Å². The van der Waals surface area contributed by atoms with Gasteiger partial charge in [0.2, 0.25) is 5.95 Å². The van der Waals surface area contributed by atoms with E-state index in [1.807, 2.05) is 5.32 Å². The van der Waals surface area contributed by atoms with Gasteiger partial charge in [-0.25, -0.2) is 13.5 Å². The molecule has 2 aromatic carbocycles. The Hall–Kier alpha value is -3.71. The summed E-state index contributed by atoms with van der Waals surface area (Å²) in [5.41, 5.74) is -5.96. The van der Waals surface area contributed by atoms with Crippen LogP contribution in [0.25, 0.3) is 0 Å². The predicted octanol–water partition coefficient (Wildman–Crippen LogP) is 6.58. The van der Waals surface area contributed by atoms with Gasteiger partial charge in [-0.3, -0.25) is 4.79 Å². The van der Waals surface area contributed by atoms with Gasteiger partial charge in [-0.2, -0.15) is 35.8 Å². The average molecular weight is 497 g/mol. The van der Waals surface area contributed by atoms with E-state index in [1.165, 1.54) is 12.1 Å². The Morgan fingerprint density at radius 3 is 2.24 bits per heavy atom. The summed E-state index contributed by atoms with van der Waals surface area (Å²) in [7, 11) is 0.971. The Labute approximate surface area is 184 Å². The van der Waals surface area contributed by atoms with E-state index < -0.39 is 64.5 Å². The van der Waals surface area contributed by atoms with Crippen LogP contribution in [0.1, 0.15) is 33.6 Å². The Morgan fingerprint density at radius 2 is 1.65 bits per heavy atom. The van der Waals surface area contributed by atoms with Crippen molar-refractivity contribution in [2.45, 2.75) is 18.8 Å². The summed E-state index contributed by atoms with van der Waals surface area (Å²) < 4.78 is 125. The quantitative estimate of drug-likeness (QED) is 0.406. The first-order valence-corrected chi connectivity index (χ1v) is 9.07. The first-order chi connectivity index (χ1) is 15.7. The number of hydrogen-bond donors (Lipinski definition) is 1. The first kappa shape index (κ1) is 24.9. The molecule has 0 atom stereocenters. The molecule has 0 aliphatic rings. The number of benzene rings is 2. The molecule has 0 aliphatic carbocycles. The molecule has 0 aliphatic heterocycles. The standard InChI is InChI=1S/C20H12F9N3O2/c1-32-17(23)14(15(31-32)16(21)22)18(33)30-11-4-2-3-5-13(11)34-12-7-6-9(19(24,25)26)8-10(12)20(27,28)29/h2-8,16H,1H3,(H,30,33). The van der Waals surface area contributed by atoms with Gasteiger partial charge in [0.1, 0.15) is 17.0 Å². The molecule has 3 aromatic rings. The molecular formula is C20H12F9N3O2. The van der Waals surface area contributed by atoms with E-state index in [9.17, 15) is 44.3 Å². The van der Waals surface area contributed by atoms with E-state index in [2.05, 4.69) is 5.10 Å². The van der Waals surface area contributed by atoms with Crippen molar-refractivity contribution in [3.05, 3.63) is 70.8 Å². The van der Waals surface area contributed by atoms with Crippen LogP contribution < -0.4 is 10.1 Å². The molecule has 0 radical (unpaired) electrons. The molecular weight excluding hydrogens is 485 g/mol. The number of carbonyl (C=O) groups excluding carboxylic acids is 1. The number of ether oxygens (including phenoxy) is 1. The molecule has 0 saturated carbocycles. The number of anilines is 1. The van der Waals surface area contributed by atoms with Crippen molar-refractivity contribution in [1.29, 1.82) is 0 Å². The molecule has 0 spiro atoms. The van der Waals surface area contributed by atoms with Gasteiger partial charge in [0.25, 0.3) is 12.3 Å². The normalized spacial score (nSPS) is 12.2. The highest BCUT2D eigenvalue weighted by Gasteiger charge is 2.39. The van der Waals surface area contributed by atoms with E-state index in [0.29, 0.717) is 16.8 Å². The molecule has 182 valence electrons. The number of aromatic nitrogens is 2. The van der Waals surface area contributed by atoms with Crippen molar-refractivity contribution >= 4 is 11.6 Å². The number of para-hydroxylation sites is 2. The number of carbonyl (C=O) groups is 1. The molecule has 1 amide bonds. The van der Waals surface area contributed by atoms with Crippen LogP contribution in [0.5, 0.6) is 11.5 Å². The third-order valence-electron chi connectivity index (χ3n) is 4.41. The number of halogens is 9. The molecule has 0 bridgehead atoms. The molecule has 34 heavy (non-hydrogen) atoms. The molecule has 0 unspecified atom stereocenters. The van der Waals surface area contributed by atoms with Crippen LogP contribution in [0.4, 0.5) is 45.2 Å². The van der Waals surface area contributed by atoms with Crippen LogP contribution in [-0.4, -0.2) is 15.7 Å². The lowest BCUT2D eigenvalue weighted by atomic mass is 10.1. The first-order valence-electron chi connectivity index (χ1n) is 9.07. The Kier molecular flexibility index (Phi) is 6.53. The minimum Gasteiger partial charge on any atom is -0.455 e. The fourth-order valence-electron chi connectivity index (χ4n) is 2.86. The van der Waals surface area contributed by atoms with Crippen LogP contribution in [-0.2, 0) is 19.4 Å². The minimum absolute atomic E-state index is 0.142. The fourth-order valence-corrected chi connectivity index (χ4v) is 2.86. The molecule has 1 N–H and O–H groups in total. The Bertz CT molecular complexity index is 1220. The number of nitrogens with one attached hydrogen (secondary N) is 1. The summed E-state index contributed by atoms with van der Waals surface area (Å²) in [4.78, 5) is 12.5. The van der Waals surface area contributed by atoms with Crippen molar-refractivity contribution < 1.29 is 49.0 Å². The van der Waals surface area contributed by atoms with E-state index in [1.54, 1.807) is 0 Å². The number of aryl methyl sites for hydroxylation is 1. The van der Waals surface area contributed by atoms with Crippen LogP contribution in [0.2, 0.25) is 0 Å². The summed E-state index contributed by atoms with van der Waals surface area (Å²) >= 11 is 0. The molecule has 1 aromatic heterocycles. The smallest absolute Gasteiger partial charge is 0.420 e. The van der Waals surface area contributed by atoms with Crippen molar-refractivity contribution in [1.82, 2.24) is 9.78 Å². The lowest BCUT2D eigenvalue weighted by molar-refractivity contribution is -0.143. The molecule has 0 fully saturated rings. The van der Waals surface area contributed by atoms with Gasteiger partial charge in [-0.05, 0) is 30.3 Å². The van der Waals surface area contributed by atoms with Gasteiger partial charge in [0, 0.05) is 7.05 Å². The summed E-state index contributed by atoms with van der Waals surface area (Å²) in [5, 5.41) is 5.25. The number of rotatable bonds is 5. The molecule has 14 heteroatoms. The summed E-state index contributed by atoms with van der Waals surface area (Å²) in [6.07, 6.45) is -13.6. The van der Waals surface area contributed by atoms with Crippen LogP contribution in [0.15, 0.2) is 42.5 Å². The highest BCUT2D eigenvalue weighted by atomic mass is 19.4. The number of nitrogens with zero attached hydrogens (tertiary/aromatic N) is 2. The van der Waals surface area contributed by atoms with E-state index in [-0.39, 0.29) is 11.8 Å². The van der Waals surface area contributed by atoms with Gasteiger partial charge in [-0.1, -0.05) is 12.1 Å². The van der Waals surface area contributed by atoms with Crippen LogP contribution in [0.3, 0.4) is 0 Å². The van der Waals surface area contributed by atoms with Gasteiger partial charge in [0.15, 0.2) is 5.75 Å². The highest BCUT2D eigenvalue weighted by Crippen LogP contribution is 2.42. The van der Waals surface area contributed by atoms with Crippen molar-refractivity contribution in [3.63, 3.8) is 0 Å². The van der Waals surface area contributed by atoms with Crippen molar-refractivity contribution in [2.24, 2.45) is 7.05 Å². The molecule has 1 heterocycles. The van der Waals surface area contributed by atoms with Gasteiger partial charge >= 0.3 is 12.4 Å². The topological polar surface area (TPSA) is 56.2 Å². The summed E-state index contributed by atoms with van der Waals surface area (Å²) in [5.74, 6) is -4.30. The SMILES string of the molecule is Cn1nc(C(F)F)c(C(=O)Nc2ccccc2Oc2ccc(C(F)(F)F)cc2C(F)(F)F)c1F. The predicted molar refractivity (Wildman–Crippen MR) is 99.0 cm³/mol. The zero-order valence-electron chi connectivity index (χ0n) is 16.7. The molecule has 3 rings (SSSR count). The minimum atomic E-state index is -5.24. The molecule has 5 nitrogen and oxygen atoms in total. The Balaban J connectivity index is 1.99. The van der Waals surface area contributed by atoms with Gasteiger partial charge in [0.05, 0.1) is 16.8 Å². The monoisotopic (exact) mass is 497 g/mol. The van der Waals surface area contributed by atoms with Crippen molar-refractivity contribution in [3.8, 4) is 11.5 Å². The second-order valence-electron chi connectivity index (χ2n) is 6.73. The lowest BCUT2D eigenvalue weighted by Gasteiger charge is -2.18. The second-order valence-corrected chi connectivity index (χ2v) is 6.73. The van der Waals surface area contributed by atoms with Crippen LogP contribution in [0, 0.1) is 5.95 Å². The third kappa shape index (κ3) is 5.10. The number of alkyl halides is 8. The zero-order valence-corrected chi connectivity index (χ0v) is 16.7. The zero-order chi connectivity index (χ0) is 25.4. The number of amides is 1. The maximum absolute atomic E-state index is 14.2. The molecule has 0 saturated heterocycles. The second kappa shape index (κ2) is 8.91. The van der Waals surface area contributed by atoms with Gasteiger partial charge < -0.3 is 10.1 Å². The summed E-state index contributed by atoms with van der Waals surface area (Å²) in [6.45, 7) is 0. The third-order valence-corrected chi connectivity index (χ3v) is 4.41. The lowest BCUT2D eigenvalue weighted by Crippen LogP contribution is -2.16.